The van der Waals surface area contributed by atoms with Gasteiger partial charge in [0.2, 0.25) is 16.9 Å². The van der Waals surface area contributed by atoms with Gasteiger partial charge in [0.15, 0.2) is 0 Å². The number of para-hydroxylation sites is 1. The van der Waals surface area contributed by atoms with Crippen molar-refractivity contribution >= 4 is 28.3 Å². The maximum absolute atomic E-state index is 13.4. The number of methoxy groups -OCH3 is 1. The van der Waals surface area contributed by atoms with Gasteiger partial charge in [0.05, 0.1) is 19.1 Å². The summed E-state index contributed by atoms with van der Waals surface area (Å²) in [6.07, 6.45) is 3.55. The minimum atomic E-state index is -0.386. The first-order valence-corrected chi connectivity index (χ1v) is 11.8. The number of anilines is 1. The highest BCUT2D eigenvalue weighted by Crippen LogP contribution is 2.41. The van der Waals surface area contributed by atoms with Crippen LogP contribution in [0.3, 0.4) is 0 Å². The number of rotatable bonds is 9. The number of benzene rings is 1. The van der Waals surface area contributed by atoms with E-state index >= 15 is 0 Å². The molecule has 2 heterocycles. The number of amides is 2. The standard InChI is InChI=1S/C23H32N4O3S/c1-5-6-13-27-20(28)12-11-17(21(27)16-9-7-8-10-18(16)30-4)22(29)24-23-26-25-19(31-23)14-15(2)3/h7-10,15,17,21H,5-6,11-14H2,1-4H3,(H,24,26,29). The summed E-state index contributed by atoms with van der Waals surface area (Å²) in [5.41, 5.74) is 0.868. The zero-order chi connectivity index (χ0) is 22.4. The van der Waals surface area contributed by atoms with Gasteiger partial charge in [-0.2, -0.15) is 0 Å². The molecule has 1 aromatic carbocycles. The first kappa shape index (κ1) is 23.2. The van der Waals surface area contributed by atoms with E-state index in [0.29, 0.717) is 36.2 Å². The second-order valence-corrected chi connectivity index (χ2v) is 9.42. The molecular weight excluding hydrogens is 412 g/mol. The molecule has 8 heteroatoms. The quantitative estimate of drug-likeness (QED) is 0.617. The number of nitrogens with one attached hydrogen (secondary N) is 1. The second-order valence-electron chi connectivity index (χ2n) is 8.36. The van der Waals surface area contributed by atoms with Crippen LogP contribution in [0.2, 0.25) is 0 Å². The highest BCUT2D eigenvalue weighted by Gasteiger charge is 2.41. The van der Waals surface area contributed by atoms with Crippen LogP contribution in [0, 0.1) is 11.8 Å². The van der Waals surface area contributed by atoms with E-state index in [0.717, 1.165) is 29.8 Å². The molecule has 168 valence electrons. The molecule has 2 aromatic rings. The minimum Gasteiger partial charge on any atom is -0.496 e. The Morgan fingerprint density at radius 1 is 1.32 bits per heavy atom. The Labute approximate surface area is 188 Å². The maximum Gasteiger partial charge on any atom is 0.231 e. The van der Waals surface area contributed by atoms with E-state index in [1.54, 1.807) is 7.11 Å². The fourth-order valence-electron chi connectivity index (χ4n) is 4.05. The molecule has 31 heavy (non-hydrogen) atoms. The van der Waals surface area contributed by atoms with Crippen molar-refractivity contribution in [1.82, 2.24) is 15.1 Å². The van der Waals surface area contributed by atoms with E-state index < -0.39 is 0 Å². The van der Waals surface area contributed by atoms with Crippen LogP contribution in [0.15, 0.2) is 24.3 Å². The molecule has 0 radical (unpaired) electrons. The van der Waals surface area contributed by atoms with Crippen LogP contribution in [0.1, 0.15) is 63.1 Å². The van der Waals surface area contributed by atoms with Crippen molar-refractivity contribution in [3.8, 4) is 5.75 Å². The number of nitrogens with zero attached hydrogens (tertiary/aromatic N) is 3. The summed E-state index contributed by atoms with van der Waals surface area (Å²) < 4.78 is 5.58. The Bertz CT molecular complexity index is 898. The van der Waals surface area contributed by atoms with Gasteiger partial charge in [0.25, 0.3) is 0 Å². The molecule has 0 spiro atoms. The van der Waals surface area contributed by atoms with E-state index in [-0.39, 0.29) is 23.8 Å². The average molecular weight is 445 g/mol. The van der Waals surface area contributed by atoms with E-state index in [2.05, 4.69) is 36.3 Å². The maximum atomic E-state index is 13.4. The predicted octanol–water partition coefficient (Wildman–Crippen LogP) is 4.46. The molecule has 1 N–H and O–H groups in total. The van der Waals surface area contributed by atoms with Crippen molar-refractivity contribution in [3.05, 3.63) is 34.8 Å². The molecule has 0 bridgehead atoms. The van der Waals surface area contributed by atoms with Crippen LogP contribution in [-0.2, 0) is 16.0 Å². The normalized spacial score (nSPS) is 19.0. The lowest BCUT2D eigenvalue weighted by atomic mass is 9.83. The van der Waals surface area contributed by atoms with Gasteiger partial charge >= 0.3 is 0 Å². The number of likely N-dealkylation sites (tertiary alicyclic amines) is 1. The highest BCUT2D eigenvalue weighted by atomic mass is 32.1. The van der Waals surface area contributed by atoms with E-state index in [1.807, 2.05) is 29.2 Å². The highest BCUT2D eigenvalue weighted by molar-refractivity contribution is 7.15. The SMILES string of the molecule is CCCCN1C(=O)CCC(C(=O)Nc2nnc(CC(C)C)s2)C1c1ccccc1OC. The molecule has 2 amide bonds. The molecule has 0 aliphatic carbocycles. The third-order valence-corrected chi connectivity index (χ3v) is 6.39. The smallest absolute Gasteiger partial charge is 0.231 e. The molecule has 1 aromatic heterocycles. The number of hydrogen-bond donors (Lipinski definition) is 1. The van der Waals surface area contributed by atoms with Gasteiger partial charge in [-0.3, -0.25) is 9.59 Å². The van der Waals surface area contributed by atoms with Crippen molar-refractivity contribution in [2.24, 2.45) is 11.8 Å². The lowest BCUT2D eigenvalue weighted by Gasteiger charge is -2.41. The van der Waals surface area contributed by atoms with Gasteiger partial charge in [-0.15, -0.1) is 10.2 Å². The number of aromatic nitrogens is 2. The fourth-order valence-corrected chi connectivity index (χ4v) is 5.00. The molecule has 2 unspecified atom stereocenters. The van der Waals surface area contributed by atoms with Gasteiger partial charge in [0, 0.05) is 24.9 Å². The van der Waals surface area contributed by atoms with Crippen molar-refractivity contribution in [1.29, 1.82) is 0 Å². The van der Waals surface area contributed by atoms with Gasteiger partial charge in [-0.05, 0) is 24.8 Å². The zero-order valence-electron chi connectivity index (χ0n) is 18.8. The number of piperidine rings is 1. The monoisotopic (exact) mass is 444 g/mol. The summed E-state index contributed by atoms with van der Waals surface area (Å²) in [6, 6.07) is 7.28. The molecule has 1 aliphatic rings. The topological polar surface area (TPSA) is 84.4 Å². The number of carbonyl (C=O) groups excluding carboxylic acids is 2. The number of ether oxygens (including phenoxy) is 1. The molecule has 0 saturated carbocycles. The number of hydrogen-bond acceptors (Lipinski definition) is 6. The molecular formula is C23H32N4O3S. The van der Waals surface area contributed by atoms with Gasteiger partial charge < -0.3 is 15.0 Å². The minimum absolute atomic E-state index is 0.0866. The summed E-state index contributed by atoms with van der Waals surface area (Å²) in [5, 5.41) is 12.7. The average Bonchev–Trinajstić information content (AvgIpc) is 3.18. The van der Waals surface area contributed by atoms with Gasteiger partial charge in [-0.25, -0.2) is 0 Å². The summed E-state index contributed by atoms with van der Waals surface area (Å²) in [7, 11) is 1.62. The third kappa shape index (κ3) is 5.61. The van der Waals surface area contributed by atoms with Crippen LogP contribution >= 0.6 is 11.3 Å². The molecule has 3 rings (SSSR count). The second kappa shape index (κ2) is 10.7. The largest absolute Gasteiger partial charge is 0.496 e. The van der Waals surface area contributed by atoms with E-state index in [9.17, 15) is 9.59 Å². The van der Waals surface area contributed by atoms with E-state index in [1.165, 1.54) is 11.3 Å². The first-order valence-electron chi connectivity index (χ1n) is 11.0. The summed E-state index contributed by atoms with van der Waals surface area (Å²) in [4.78, 5) is 28.1. The van der Waals surface area contributed by atoms with Crippen molar-refractivity contribution < 1.29 is 14.3 Å². The Hall–Kier alpha value is -2.48. The summed E-state index contributed by atoms with van der Waals surface area (Å²) in [5.74, 6) is 0.739. The molecule has 1 fully saturated rings. The van der Waals surface area contributed by atoms with Crippen molar-refractivity contribution in [2.75, 3.05) is 19.0 Å². The molecule has 2 atom stereocenters. The van der Waals surface area contributed by atoms with Crippen LogP contribution in [-0.4, -0.2) is 40.6 Å². The first-order chi connectivity index (χ1) is 14.9. The van der Waals surface area contributed by atoms with Crippen molar-refractivity contribution in [3.63, 3.8) is 0 Å². The number of carbonyl (C=O) groups is 2. The Balaban J connectivity index is 1.89. The van der Waals surface area contributed by atoms with Crippen LogP contribution < -0.4 is 10.1 Å². The summed E-state index contributed by atoms with van der Waals surface area (Å²) in [6.45, 7) is 6.98. The lowest BCUT2D eigenvalue weighted by Crippen LogP contribution is -2.47. The van der Waals surface area contributed by atoms with Crippen molar-refractivity contribution in [2.45, 2.75) is 58.9 Å². The molecule has 1 aliphatic heterocycles. The Morgan fingerprint density at radius 3 is 2.81 bits per heavy atom. The van der Waals surface area contributed by atoms with Crippen LogP contribution in [0.5, 0.6) is 5.75 Å². The summed E-state index contributed by atoms with van der Waals surface area (Å²) >= 11 is 1.41. The predicted molar refractivity (Wildman–Crippen MR) is 122 cm³/mol. The van der Waals surface area contributed by atoms with Gasteiger partial charge in [-0.1, -0.05) is 56.7 Å². The molecule has 7 nitrogen and oxygen atoms in total. The lowest BCUT2D eigenvalue weighted by molar-refractivity contribution is -0.142. The van der Waals surface area contributed by atoms with E-state index in [4.69, 9.17) is 4.74 Å². The Morgan fingerprint density at radius 2 is 2.10 bits per heavy atom. The zero-order valence-corrected chi connectivity index (χ0v) is 19.6. The number of unbranched alkanes of at least 4 members (excludes halogenated alkanes) is 1. The molecule has 1 saturated heterocycles. The Kier molecular flexibility index (Phi) is 8.01. The van der Waals surface area contributed by atoms with Gasteiger partial charge in [0.1, 0.15) is 10.8 Å². The van der Waals surface area contributed by atoms with Crippen LogP contribution in [0.4, 0.5) is 5.13 Å². The fraction of sp³-hybridized carbons (Fsp3) is 0.565. The third-order valence-electron chi connectivity index (χ3n) is 5.53. The van der Waals surface area contributed by atoms with Crippen LogP contribution in [0.25, 0.3) is 0 Å².